The molecule has 1 amide bonds. The van der Waals surface area contributed by atoms with Gasteiger partial charge < -0.3 is 15.4 Å². The second-order valence-electron chi connectivity index (χ2n) is 6.83. The quantitative estimate of drug-likeness (QED) is 0.823. The van der Waals surface area contributed by atoms with Crippen LogP contribution in [0.15, 0.2) is 54.6 Å². The first-order valence-electron chi connectivity index (χ1n) is 8.21. The largest absolute Gasteiger partial charge is 0.444 e. The molecule has 4 nitrogen and oxygen atoms in total. The van der Waals surface area contributed by atoms with Crippen molar-refractivity contribution in [3.05, 3.63) is 65.7 Å². The summed E-state index contributed by atoms with van der Waals surface area (Å²) in [5.41, 5.74) is 2.79. The van der Waals surface area contributed by atoms with Crippen molar-refractivity contribution in [2.24, 2.45) is 0 Å². The fraction of sp³-hybridized carbons (Fsp3) is 0.350. The van der Waals surface area contributed by atoms with E-state index in [1.165, 1.54) is 5.56 Å². The molecular weight excluding hydrogens is 300 g/mol. The summed E-state index contributed by atoms with van der Waals surface area (Å²) in [5, 5.41) is 6.26. The molecule has 2 rings (SSSR count). The number of nitrogens with one attached hydrogen (secondary N) is 2. The van der Waals surface area contributed by atoms with Crippen LogP contribution in [-0.4, -0.2) is 11.7 Å². The molecule has 0 saturated heterocycles. The van der Waals surface area contributed by atoms with E-state index in [1.54, 1.807) is 0 Å². The zero-order chi connectivity index (χ0) is 17.6. The summed E-state index contributed by atoms with van der Waals surface area (Å²) in [6.07, 6.45) is -0.404. The lowest BCUT2D eigenvalue weighted by atomic mass is 10.1. The van der Waals surface area contributed by atoms with Crippen molar-refractivity contribution in [2.75, 3.05) is 5.32 Å². The molecule has 0 aliphatic heterocycles. The monoisotopic (exact) mass is 326 g/mol. The molecule has 4 heteroatoms. The van der Waals surface area contributed by atoms with E-state index in [0.29, 0.717) is 6.54 Å². The SMILES string of the molecule is CC(Nc1cccc(CNC(=O)OC(C)(C)C)c1)c1ccccc1. The van der Waals surface area contributed by atoms with Crippen LogP contribution < -0.4 is 10.6 Å². The molecule has 1 atom stereocenters. The van der Waals surface area contributed by atoms with Gasteiger partial charge in [-0.1, -0.05) is 42.5 Å². The number of ether oxygens (including phenoxy) is 1. The molecule has 128 valence electrons. The number of alkyl carbamates (subject to hydrolysis) is 1. The Morgan fingerprint density at radius 2 is 1.79 bits per heavy atom. The summed E-state index contributed by atoms with van der Waals surface area (Å²) in [6, 6.07) is 18.5. The van der Waals surface area contributed by atoms with Crippen LogP contribution in [0.1, 0.15) is 44.9 Å². The average Bonchev–Trinajstić information content (AvgIpc) is 2.52. The summed E-state index contributed by atoms with van der Waals surface area (Å²) in [7, 11) is 0. The third kappa shape index (κ3) is 5.95. The molecule has 0 saturated carbocycles. The lowest BCUT2D eigenvalue weighted by Gasteiger charge is -2.20. The van der Waals surface area contributed by atoms with Gasteiger partial charge in [0.15, 0.2) is 0 Å². The molecule has 2 N–H and O–H groups in total. The average molecular weight is 326 g/mol. The number of amides is 1. The Morgan fingerprint density at radius 3 is 2.46 bits per heavy atom. The molecule has 0 fully saturated rings. The van der Waals surface area contributed by atoms with E-state index in [2.05, 4.69) is 29.7 Å². The normalized spacial score (nSPS) is 12.3. The topological polar surface area (TPSA) is 50.4 Å². The predicted octanol–water partition coefficient (Wildman–Crippen LogP) is 4.88. The van der Waals surface area contributed by atoms with Gasteiger partial charge in [-0.2, -0.15) is 0 Å². The second kappa shape index (κ2) is 7.86. The van der Waals surface area contributed by atoms with Gasteiger partial charge in [-0.3, -0.25) is 0 Å². The first kappa shape index (κ1) is 17.9. The van der Waals surface area contributed by atoms with Gasteiger partial charge in [-0.25, -0.2) is 4.79 Å². The summed E-state index contributed by atoms with van der Waals surface area (Å²) in [6.45, 7) is 8.11. The van der Waals surface area contributed by atoms with Crippen LogP contribution in [0.4, 0.5) is 10.5 Å². The fourth-order valence-corrected chi connectivity index (χ4v) is 2.33. The van der Waals surface area contributed by atoms with Crippen LogP contribution in [0.5, 0.6) is 0 Å². The van der Waals surface area contributed by atoms with Gasteiger partial charge in [-0.15, -0.1) is 0 Å². The Kier molecular flexibility index (Phi) is 5.85. The minimum atomic E-state index is -0.487. The minimum absolute atomic E-state index is 0.209. The Balaban J connectivity index is 1.93. The van der Waals surface area contributed by atoms with Crippen LogP contribution in [0.25, 0.3) is 0 Å². The number of benzene rings is 2. The first-order chi connectivity index (χ1) is 11.3. The van der Waals surface area contributed by atoms with Crippen molar-refractivity contribution in [3.63, 3.8) is 0 Å². The molecule has 24 heavy (non-hydrogen) atoms. The number of anilines is 1. The van der Waals surface area contributed by atoms with Crippen molar-refractivity contribution in [3.8, 4) is 0 Å². The maximum atomic E-state index is 11.7. The van der Waals surface area contributed by atoms with E-state index in [-0.39, 0.29) is 6.04 Å². The van der Waals surface area contributed by atoms with Crippen molar-refractivity contribution in [2.45, 2.75) is 45.9 Å². The Bertz CT molecular complexity index is 663. The molecule has 2 aromatic rings. The molecule has 0 aromatic heterocycles. The highest BCUT2D eigenvalue weighted by Gasteiger charge is 2.15. The highest BCUT2D eigenvalue weighted by atomic mass is 16.6. The van der Waals surface area contributed by atoms with E-state index < -0.39 is 11.7 Å². The van der Waals surface area contributed by atoms with Crippen molar-refractivity contribution in [1.29, 1.82) is 0 Å². The summed E-state index contributed by atoms with van der Waals surface area (Å²) in [4.78, 5) is 11.7. The van der Waals surface area contributed by atoms with Gasteiger partial charge in [-0.05, 0) is 51.0 Å². The van der Waals surface area contributed by atoms with E-state index in [1.807, 2.05) is 63.2 Å². The lowest BCUT2D eigenvalue weighted by Crippen LogP contribution is -2.32. The second-order valence-corrected chi connectivity index (χ2v) is 6.83. The van der Waals surface area contributed by atoms with Crippen LogP contribution in [-0.2, 0) is 11.3 Å². The zero-order valence-electron chi connectivity index (χ0n) is 14.8. The number of hydrogen-bond donors (Lipinski definition) is 2. The van der Waals surface area contributed by atoms with Crippen molar-refractivity contribution < 1.29 is 9.53 Å². The Morgan fingerprint density at radius 1 is 1.08 bits per heavy atom. The standard InChI is InChI=1S/C20H26N2O2/c1-15(17-10-6-5-7-11-17)22-18-12-8-9-16(13-18)14-21-19(23)24-20(2,3)4/h5-13,15,22H,14H2,1-4H3,(H,21,23). The number of carbonyl (C=O) groups is 1. The van der Waals surface area contributed by atoms with Gasteiger partial charge in [0.2, 0.25) is 0 Å². The minimum Gasteiger partial charge on any atom is -0.444 e. The maximum absolute atomic E-state index is 11.7. The molecule has 2 aromatic carbocycles. The fourth-order valence-electron chi connectivity index (χ4n) is 2.33. The van der Waals surface area contributed by atoms with Gasteiger partial charge in [0, 0.05) is 18.3 Å². The Hall–Kier alpha value is -2.49. The molecular formula is C20H26N2O2. The molecule has 0 heterocycles. The number of carbonyl (C=O) groups excluding carboxylic acids is 1. The van der Waals surface area contributed by atoms with Crippen LogP contribution >= 0.6 is 0 Å². The highest BCUT2D eigenvalue weighted by Crippen LogP contribution is 2.20. The number of rotatable bonds is 5. The van der Waals surface area contributed by atoms with E-state index in [0.717, 1.165) is 11.3 Å². The lowest BCUT2D eigenvalue weighted by molar-refractivity contribution is 0.0523. The maximum Gasteiger partial charge on any atom is 0.407 e. The summed E-state index contributed by atoms with van der Waals surface area (Å²) >= 11 is 0. The van der Waals surface area contributed by atoms with Crippen molar-refractivity contribution >= 4 is 11.8 Å². The third-order valence-corrected chi connectivity index (χ3v) is 3.45. The number of hydrogen-bond acceptors (Lipinski definition) is 3. The third-order valence-electron chi connectivity index (χ3n) is 3.45. The van der Waals surface area contributed by atoms with Crippen LogP contribution in [0.3, 0.4) is 0 Å². The van der Waals surface area contributed by atoms with Gasteiger partial charge >= 0.3 is 6.09 Å². The Labute approximate surface area is 144 Å². The van der Waals surface area contributed by atoms with Crippen LogP contribution in [0, 0.1) is 0 Å². The summed E-state index contributed by atoms with van der Waals surface area (Å²) in [5.74, 6) is 0. The van der Waals surface area contributed by atoms with Gasteiger partial charge in [0.05, 0.1) is 0 Å². The molecule has 0 aliphatic carbocycles. The first-order valence-corrected chi connectivity index (χ1v) is 8.21. The molecule has 0 radical (unpaired) electrons. The molecule has 0 bridgehead atoms. The smallest absolute Gasteiger partial charge is 0.407 e. The predicted molar refractivity (Wildman–Crippen MR) is 98.0 cm³/mol. The van der Waals surface area contributed by atoms with E-state index in [9.17, 15) is 4.79 Å². The van der Waals surface area contributed by atoms with Crippen molar-refractivity contribution in [1.82, 2.24) is 5.32 Å². The summed E-state index contributed by atoms with van der Waals surface area (Å²) < 4.78 is 5.25. The zero-order valence-corrected chi connectivity index (χ0v) is 14.8. The highest BCUT2D eigenvalue weighted by molar-refractivity contribution is 5.67. The molecule has 1 unspecified atom stereocenters. The van der Waals surface area contributed by atoms with Gasteiger partial charge in [0.25, 0.3) is 0 Å². The molecule has 0 aliphatic rings. The molecule has 0 spiro atoms. The van der Waals surface area contributed by atoms with Crippen LogP contribution in [0.2, 0.25) is 0 Å². The van der Waals surface area contributed by atoms with E-state index >= 15 is 0 Å². The van der Waals surface area contributed by atoms with Gasteiger partial charge in [0.1, 0.15) is 5.60 Å². The van der Waals surface area contributed by atoms with E-state index in [4.69, 9.17) is 4.74 Å².